The summed E-state index contributed by atoms with van der Waals surface area (Å²) in [5, 5.41) is 0.537. The van der Waals surface area contributed by atoms with E-state index in [1.54, 1.807) is 24.0 Å². The molecule has 0 saturated carbocycles. The smallest absolute Gasteiger partial charge is 0.147 e. The van der Waals surface area contributed by atoms with E-state index in [9.17, 15) is 4.79 Å². The van der Waals surface area contributed by atoms with Gasteiger partial charge in [-0.05, 0) is 12.5 Å². The molecule has 0 aliphatic heterocycles. The number of anilines is 1. The van der Waals surface area contributed by atoms with Crippen molar-refractivity contribution in [2.24, 2.45) is 0 Å². The van der Waals surface area contributed by atoms with Gasteiger partial charge in [0.15, 0.2) is 0 Å². The highest BCUT2D eigenvalue weighted by Crippen LogP contribution is 2.15. The molecular weight excluding hydrogens is 220 g/mol. The summed E-state index contributed by atoms with van der Waals surface area (Å²) < 4.78 is 0. The van der Waals surface area contributed by atoms with E-state index in [0.29, 0.717) is 23.2 Å². The molecule has 0 bridgehead atoms. The Kier molecular flexibility index (Phi) is 5.32. The first-order valence-corrected chi connectivity index (χ1v) is 6.51. The van der Waals surface area contributed by atoms with E-state index in [2.05, 4.69) is 18.8 Å². The van der Waals surface area contributed by atoms with Gasteiger partial charge in [-0.1, -0.05) is 19.9 Å². The molecule has 0 fully saturated rings. The second-order valence-electron chi connectivity index (χ2n) is 3.79. The van der Waals surface area contributed by atoms with Crippen molar-refractivity contribution in [3.05, 3.63) is 23.9 Å². The number of carbonyl (C=O) groups excluding carboxylic acids is 1. The van der Waals surface area contributed by atoms with Crippen molar-refractivity contribution < 1.29 is 4.79 Å². The minimum atomic E-state index is 0.213. The molecule has 16 heavy (non-hydrogen) atoms. The zero-order valence-corrected chi connectivity index (χ0v) is 10.6. The van der Waals surface area contributed by atoms with Gasteiger partial charge in [0, 0.05) is 23.4 Å². The van der Waals surface area contributed by atoms with Gasteiger partial charge >= 0.3 is 0 Å². The number of nitrogen functional groups attached to an aromatic ring is 1. The highest BCUT2D eigenvalue weighted by Gasteiger charge is 2.08. The van der Waals surface area contributed by atoms with Crippen LogP contribution in [-0.2, 0) is 11.2 Å². The predicted molar refractivity (Wildman–Crippen MR) is 69.6 cm³/mol. The monoisotopic (exact) mass is 238 g/mol. The number of nitrogens with two attached hydrogens (primary N) is 1. The molecule has 1 atom stereocenters. The van der Waals surface area contributed by atoms with Gasteiger partial charge in [0.05, 0.1) is 5.75 Å². The lowest BCUT2D eigenvalue weighted by Gasteiger charge is -2.07. The third kappa shape index (κ3) is 4.23. The third-order valence-electron chi connectivity index (χ3n) is 2.42. The summed E-state index contributed by atoms with van der Waals surface area (Å²) in [7, 11) is 0. The van der Waals surface area contributed by atoms with Crippen molar-refractivity contribution in [2.75, 3.05) is 11.5 Å². The van der Waals surface area contributed by atoms with Crippen molar-refractivity contribution in [1.82, 2.24) is 4.98 Å². The van der Waals surface area contributed by atoms with Crippen LogP contribution < -0.4 is 5.73 Å². The van der Waals surface area contributed by atoms with Crippen LogP contribution in [0.1, 0.15) is 25.8 Å². The van der Waals surface area contributed by atoms with E-state index in [-0.39, 0.29) is 5.78 Å². The molecule has 1 unspecified atom stereocenters. The Labute approximate surface area is 101 Å². The highest BCUT2D eigenvalue weighted by molar-refractivity contribution is 8.00. The zero-order valence-electron chi connectivity index (χ0n) is 9.77. The van der Waals surface area contributed by atoms with Crippen molar-refractivity contribution in [2.45, 2.75) is 31.9 Å². The Morgan fingerprint density at radius 2 is 2.38 bits per heavy atom. The number of pyridine rings is 1. The van der Waals surface area contributed by atoms with E-state index in [4.69, 9.17) is 5.73 Å². The fourth-order valence-corrected chi connectivity index (χ4v) is 2.02. The van der Waals surface area contributed by atoms with Crippen LogP contribution in [0.15, 0.2) is 18.3 Å². The largest absolute Gasteiger partial charge is 0.383 e. The number of Topliss-reactive ketones (excluding diaryl/α,β-unsaturated/α-hetero) is 1. The van der Waals surface area contributed by atoms with Crippen LogP contribution >= 0.6 is 11.8 Å². The lowest BCUT2D eigenvalue weighted by molar-refractivity contribution is -0.116. The average molecular weight is 238 g/mol. The summed E-state index contributed by atoms with van der Waals surface area (Å²) in [5.41, 5.74) is 6.51. The predicted octanol–water partition coefficient (Wildman–Crippen LogP) is 2.31. The summed E-state index contributed by atoms with van der Waals surface area (Å²) in [4.78, 5) is 15.6. The molecule has 0 saturated heterocycles. The number of hydrogen-bond donors (Lipinski definition) is 1. The van der Waals surface area contributed by atoms with Gasteiger partial charge in [-0.3, -0.25) is 4.79 Å². The highest BCUT2D eigenvalue weighted by atomic mass is 32.2. The van der Waals surface area contributed by atoms with Gasteiger partial charge in [-0.25, -0.2) is 4.98 Å². The second-order valence-corrected chi connectivity index (χ2v) is 5.22. The zero-order chi connectivity index (χ0) is 12.0. The van der Waals surface area contributed by atoms with Crippen LogP contribution in [0.3, 0.4) is 0 Å². The van der Waals surface area contributed by atoms with E-state index < -0.39 is 0 Å². The number of aromatic nitrogens is 1. The van der Waals surface area contributed by atoms with Gasteiger partial charge in [0.25, 0.3) is 0 Å². The van der Waals surface area contributed by atoms with Gasteiger partial charge in [-0.15, -0.1) is 0 Å². The van der Waals surface area contributed by atoms with Crippen LogP contribution in [0, 0.1) is 0 Å². The van der Waals surface area contributed by atoms with Crippen molar-refractivity contribution in [1.29, 1.82) is 0 Å². The van der Waals surface area contributed by atoms with Crippen molar-refractivity contribution >= 4 is 23.4 Å². The van der Waals surface area contributed by atoms with Crippen LogP contribution in [-0.4, -0.2) is 21.8 Å². The quantitative estimate of drug-likeness (QED) is 0.826. The first-order chi connectivity index (χ1) is 7.63. The maximum absolute atomic E-state index is 11.7. The maximum atomic E-state index is 11.7. The number of carbonyl (C=O) groups is 1. The number of hydrogen-bond acceptors (Lipinski definition) is 4. The van der Waals surface area contributed by atoms with Crippen LogP contribution in [0.4, 0.5) is 5.82 Å². The molecule has 1 aromatic rings. The Balaban J connectivity index is 2.43. The first-order valence-electron chi connectivity index (χ1n) is 5.46. The van der Waals surface area contributed by atoms with Crippen molar-refractivity contribution in [3.8, 4) is 0 Å². The molecule has 0 radical (unpaired) electrons. The Morgan fingerprint density at radius 3 is 3.00 bits per heavy atom. The molecule has 1 aromatic heterocycles. The van der Waals surface area contributed by atoms with E-state index in [1.165, 1.54) is 0 Å². The molecule has 0 aromatic carbocycles. The third-order valence-corrected chi connectivity index (χ3v) is 3.81. The van der Waals surface area contributed by atoms with Gasteiger partial charge in [0.2, 0.25) is 0 Å². The number of rotatable bonds is 6. The average Bonchev–Trinajstić information content (AvgIpc) is 2.29. The van der Waals surface area contributed by atoms with Gasteiger partial charge in [0.1, 0.15) is 11.6 Å². The van der Waals surface area contributed by atoms with Crippen LogP contribution in [0.5, 0.6) is 0 Å². The SMILES string of the molecule is CCC(C)SCC(=O)Cc1cccnc1N. The molecule has 0 aliphatic rings. The summed E-state index contributed by atoms with van der Waals surface area (Å²) in [6.45, 7) is 4.26. The summed E-state index contributed by atoms with van der Waals surface area (Å²) in [6.07, 6.45) is 3.12. The van der Waals surface area contributed by atoms with E-state index >= 15 is 0 Å². The van der Waals surface area contributed by atoms with Gasteiger partial charge < -0.3 is 5.73 Å². The van der Waals surface area contributed by atoms with Gasteiger partial charge in [-0.2, -0.15) is 11.8 Å². The molecule has 2 N–H and O–H groups in total. The molecule has 1 rings (SSSR count). The molecule has 88 valence electrons. The number of nitrogens with zero attached hydrogens (tertiary/aromatic N) is 1. The van der Waals surface area contributed by atoms with Crippen LogP contribution in [0.2, 0.25) is 0 Å². The Bertz CT molecular complexity index is 355. The molecule has 0 amide bonds. The minimum absolute atomic E-state index is 0.213. The van der Waals surface area contributed by atoms with E-state index in [1.807, 2.05) is 6.07 Å². The topological polar surface area (TPSA) is 56.0 Å². The lowest BCUT2D eigenvalue weighted by Crippen LogP contribution is -2.10. The second kappa shape index (κ2) is 6.53. The number of ketones is 1. The Morgan fingerprint density at radius 1 is 1.62 bits per heavy atom. The first kappa shape index (κ1) is 13.0. The molecular formula is C12H18N2OS. The lowest BCUT2D eigenvalue weighted by atomic mass is 10.1. The minimum Gasteiger partial charge on any atom is -0.383 e. The maximum Gasteiger partial charge on any atom is 0.147 e. The van der Waals surface area contributed by atoms with Crippen LogP contribution in [0.25, 0.3) is 0 Å². The van der Waals surface area contributed by atoms with Crippen molar-refractivity contribution in [3.63, 3.8) is 0 Å². The summed E-state index contributed by atoms with van der Waals surface area (Å²) in [5.74, 6) is 1.23. The van der Waals surface area contributed by atoms with E-state index in [0.717, 1.165) is 12.0 Å². The summed E-state index contributed by atoms with van der Waals surface area (Å²) >= 11 is 1.70. The molecule has 0 spiro atoms. The molecule has 4 heteroatoms. The Hall–Kier alpha value is -1.03. The molecule has 1 heterocycles. The normalized spacial score (nSPS) is 12.4. The fourth-order valence-electron chi connectivity index (χ4n) is 1.22. The molecule has 0 aliphatic carbocycles. The standard InChI is InChI=1S/C12H18N2OS/c1-3-9(2)16-8-11(15)7-10-5-4-6-14-12(10)13/h4-6,9H,3,7-8H2,1-2H3,(H2,13,14). The fraction of sp³-hybridized carbons (Fsp3) is 0.500. The number of thioether (sulfide) groups is 1. The molecule has 3 nitrogen and oxygen atoms in total. The summed E-state index contributed by atoms with van der Waals surface area (Å²) in [6, 6.07) is 3.66.